The maximum atomic E-state index is 14.7. The number of carbonyl (C=O) groups excluding carboxylic acids is 1. The molecule has 0 aromatic heterocycles. The second kappa shape index (κ2) is 4.34. The number of rotatable bonds is 2. The number of aldehydes is 1. The lowest BCUT2D eigenvalue weighted by Gasteiger charge is -2.34. The molecule has 0 amide bonds. The van der Waals surface area contributed by atoms with Crippen molar-refractivity contribution in [1.29, 1.82) is 0 Å². The van der Waals surface area contributed by atoms with Crippen LogP contribution < -0.4 is 0 Å². The smallest absolute Gasteiger partial charge is 0.150 e. The number of likely N-dealkylation sites (tertiary alicyclic amines) is 1. The van der Waals surface area contributed by atoms with Crippen LogP contribution in [-0.4, -0.2) is 31.3 Å². The van der Waals surface area contributed by atoms with E-state index in [1.807, 2.05) is 7.05 Å². The van der Waals surface area contributed by atoms with E-state index in [-0.39, 0.29) is 0 Å². The molecule has 3 heteroatoms. The van der Waals surface area contributed by atoms with Gasteiger partial charge in [0.2, 0.25) is 0 Å². The number of hydrogen-bond acceptors (Lipinski definition) is 2. The quantitative estimate of drug-likeness (QED) is 0.715. The first-order valence-corrected chi connectivity index (χ1v) is 5.57. The maximum Gasteiger partial charge on any atom is 0.150 e. The first-order valence-electron chi connectivity index (χ1n) is 5.57. The van der Waals surface area contributed by atoms with Gasteiger partial charge in [0, 0.05) is 18.7 Å². The largest absolute Gasteiger partial charge is 0.306 e. The van der Waals surface area contributed by atoms with Crippen LogP contribution in [0.15, 0.2) is 24.3 Å². The van der Waals surface area contributed by atoms with E-state index in [0.717, 1.165) is 19.4 Å². The van der Waals surface area contributed by atoms with Crippen LogP contribution in [0.3, 0.4) is 0 Å². The van der Waals surface area contributed by atoms with Gasteiger partial charge in [-0.05, 0) is 31.5 Å². The normalized spacial score (nSPS) is 20.6. The van der Waals surface area contributed by atoms with E-state index < -0.39 is 5.67 Å². The summed E-state index contributed by atoms with van der Waals surface area (Å²) in [6, 6.07) is 6.89. The Morgan fingerprint density at radius 2 is 2.06 bits per heavy atom. The van der Waals surface area contributed by atoms with Crippen LogP contribution in [0.5, 0.6) is 0 Å². The lowest BCUT2D eigenvalue weighted by atomic mass is 9.86. The third-order valence-corrected chi connectivity index (χ3v) is 3.32. The molecule has 1 aromatic rings. The second-order valence-electron chi connectivity index (χ2n) is 4.51. The van der Waals surface area contributed by atoms with E-state index in [1.165, 1.54) is 0 Å². The van der Waals surface area contributed by atoms with Crippen LogP contribution in [0.4, 0.5) is 4.39 Å². The summed E-state index contributed by atoms with van der Waals surface area (Å²) in [6.07, 6.45) is 1.78. The minimum atomic E-state index is -1.26. The van der Waals surface area contributed by atoms with Gasteiger partial charge in [-0.25, -0.2) is 4.39 Å². The number of benzene rings is 1. The number of carbonyl (C=O) groups is 1. The van der Waals surface area contributed by atoms with Crippen molar-refractivity contribution in [2.75, 3.05) is 20.1 Å². The highest BCUT2D eigenvalue weighted by molar-refractivity contribution is 5.75. The minimum absolute atomic E-state index is 0.506. The van der Waals surface area contributed by atoms with Crippen LogP contribution in [0.25, 0.3) is 0 Å². The third-order valence-electron chi connectivity index (χ3n) is 3.32. The molecule has 1 fully saturated rings. The molecule has 1 aliphatic heterocycles. The van der Waals surface area contributed by atoms with Gasteiger partial charge < -0.3 is 4.90 Å². The first-order chi connectivity index (χ1) is 7.64. The Morgan fingerprint density at radius 3 is 2.69 bits per heavy atom. The Kier molecular flexibility index (Phi) is 3.06. The Morgan fingerprint density at radius 1 is 1.38 bits per heavy atom. The molecule has 0 radical (unpaired) electrons. The number of halogens is 1. The number of hydrogen-bond donors (Lipinski definition) is 0. The summed E-state index contributed by atoms with van der Waals surface area (Å²) in [4.78, 5) is 12.8. The predicted octanol–water partition coefficient (Wildman–Crippen LogP) is 2.39. The number of alkyl halides is 1. The summed E-state index contributed by atoms with van der Waals surface area (Å²) in [5, 5.41) is 0. The van der Waals surface area contributed by atoms with Gasteiger partial charge in [-0.15, -0.1) is 0 Å². The molecule has 0 N–H and O–H groups in total. The van der Waals surface area contributed by atoms with Crippen LogP contribution in [0.1, 0.15) is 28.8 Å². The first kappa shape index (κ1) is 11.3. The summed E-state index contributed by atoms with van der Waals surface area (Å²) in [7, 11) is 2.00. The summed E-state index contributed by atoms with van der Waals surface area (Å²) in [5.41, 5.74) is -0.0652. The van der Waals surface area contributed by atoms with Crippen molar-refractivity contribution in [3.63, 3.8) is 0 Å². The molecule has 86 valence electrons. The molecular formula is C13H16FNO. The Hall–Kier alpha value is -1.22. The fraction of sp³-hybridized carbons (Fsp3) is 0.462. The molecule has 0 spiro atoms. The highest BCUT2D eigenvalue weighted by Crippen LogP contribution is 2.36. The fourth-order valence-electron chi connectivity index (χ4n) is 2.15. The van der Waals surface area contributed by atoms with E-state index >= 15 is 0 Å². The summed E-state index contributed by atoms with van der Waals surface area (Å²) >= 11 is 0. The van der Waals surface area contributed by atoms with E-state index in [4.69, 9.17) is 0 Å². The van der Waals surface area contributed by atoms with Crippen LogP contribution in [0.2, 0.25) is 0 Å². The van der Waals surface area contributed by atoms with Gasteiger partial charge in [0.05, 0.1) is 0 Å². The summed E-state index contributed by atoms with van der Waals surface area (Å²) in [5.74, 6) is 0. The molecule has 0 bridgehead atoms. The Labute approximate surface area is 95.1 Å². The van der Waals surface area contributed by atoms with Crippen molar-refractivity contribution in [3.8, 4) is 0 Å². The summed E-state index contributed by atoms with van der Waals surface area (Å²) in [6.45, 7) is 1.53. The van der Waals surface area contributed by atoms with Crippen molar-refractivity contribution < 1.29 is 9.18 Å². The molecule has 0 aliphatic carbocycles. The van der Waals surface area contributed by atoms with E-state index in [9.17, 15) is 9.18 Å². The average molecular weight is 221 g/mol. The molecule has 1 aliphatic rings. The third kappa shape index (κ3) is 2.14. The van der Waals surface area contributed by atoms with Gasteiger partial charge in [-0.2, -0.15) is 0 Å². The molecule has 2 nitrogen and oxygen atoms in total. The average Bonchev–Trinajstić information content (AvgIpc) is 2.33. The zero-order valence-corrected chi connectivity index (χ0v) is 9.45. The topological polar surface area (TPSA) is 20.3 Å². The highest BCUT2D eigenvalue weighted by Gasteiger charge is 2.35. The molecule has 0 saturated carbocycles. The number of nitrogens with zero attached hydrogens (tertiary/aromatic N) is 1. The SMILES string of the molecule is CN1CCC(F)(c2cccc(C=O)c2)CC1. The zero-order chi connectivity index (χ0) is 11.6. The lowest BCUT2D eigenvalue weighted by molar-refractivity contribution is 0.0673. The molecule has 2 rings (SSSR count). The molecule has 1 heterocycles. The molecule has 1 saturated heterocycles. The monoisotopic (exact) mass is 221 g/mol. The van der Waals surface area contributed by atoms with Crippen molar-refractivity contribution in [2.24, 2.45) is 0 Å². The van der Waals surface area contributed by atoms with Crippen molar-refractivity contribution >= 4 is 6.29 Å². The van der Waals surface area contributed by atoms with E-state index in [2.05, 4.69) is 4.90 Å². The van der Waals surface area contributed by atoms with Gasteiger partial charge in [0.1, 0.15) is 12.0 Å². The maximum absolute atomic E-state index is 14.7. The van der Waals surface area contributed by atoms with Gasteiger partial charge >= 0.3 is 0 Å². The van der Waals surface area contributed by atoms with E-state index in [1.54, 1.807) is 24.3 Å². The highest BCUT2D eigenvalue weighted by atomic mass is 19.1. The van der Waals surface area contributed by atoms with Crippen molar-refractivity contribution in [2.45, 2.75) is 18.5 Å². The summed E-state index contributed by atoms with van der Waals surface area (Å²) < 4.78 is 14.7. The van der Waals surface area contributed by atoms with Gasteiger partial charge in [-0.3, -0.25) is 4.79 Å². The minimum Gasteiger partial charge on any atom is -0.306 e. The van der Waals surface area contributed by atoms with Crippen molar-refractivity contribution in [3.05, 3.63) is 35.4 Å². The standard InChI is InChI=1S/C13H16FNO/c1-15-7-5-13(14,6-8-15)12-4-2-3-11(9-12)10-16/h2-4,9-10H,5-8H2,1H3. The Bertz CT molecular complexity index is 383. The van der Waals surface area contributed by atoms with Gasteiger partial charge in [0.25, 0.3) is 0 Å². The Balaban J connectivity index is 2.25. The molecule has 16 heavy (non-hydrogen) atoms. The van der Waals surface area contributed by atoms with Crippen LogP contribution in [-0.2, 0) is 5.67 Å². The predicted molar refractivity (Wildman–Crippen MR) is 61.3 cm³/mol. The lowest BCUT2D eigenvalue weighted by Crippen LogP contribution is -2.38. The van der Waals surface area contributed by atoms with Gasteiger partial charge in [-0.1, -0.05) is 18.2 Å². The van der Waals surface area contributed by atoms with Crippen molar-refractivity contribution in [1.82, 2.24) is 4.90 Å². The van der Waals surface area contributed by atoms with Crippen LogP contribution >= 0.6 is 0 Å². The molecule has 0 unspecified atom stereocenters. The molecule has 0 atom stereocenters. The zero-order valence-electron chi connectivity index (χ0n) is 9.45. The fourth-order valence-corrected chi connectivity index (χ4v) is 2.15. The van der Waals surface area contributed by atoms with E-state index in [0.29, 0.717) is 24.0 Å². The second-order valence-corrected chi connectivity index (χ2v) is 4.51. The number of piperidine rings is 1. The van der Waals surface area contributed by atoms with Crippen LogP contribution in [0, 0.1) is 0 Å². The van der Waals surface area contributed by atoms with Gasteiger partial charge in [0.15, 0.2) is 0 Å². The molecular weight excluding hydrogens is 205 g/mol. The molecule has 1 aromatic carbocycles.